The Bertz CT molecular complexity index is 1020. The van der Waals surface area contributed by atoms with Crippen molar-refractivity contribution in [2.45, 2.75) is 32.2 Å². The van der Waals surface area contributed by atoms with Crippen LogP contribution in [-0.2, 0) is 17.2 Å². The number of nitrogens with zero attached hydrogens (tertiary/aromatic N) is 5. The maximum Gasteiger partial charge on any atom is 0.225 e. The summed E-state index contributed by atoms with van der Waals surface area (Å²) in [6, 6.07) is 10.6. The van der Waals surface area contributed by atoms with Crippen molar-refractivity contribution in [3.8, 4) is 0 Å². The molecule has 0 aliphatic carbocycles. The van der Waals surface area contributed by atoms with Crippen LogP contribution in [-0.4, -0.2) is 54.8 Å². The van der Waals surface area contributed by atoms with E-state index in [0.29, 0.717) is 47.3 Å². The Morgan fingerprint density at radius 1 is 1.13 bits per heavy atom. The van der Waals surface area contributed by atoms with E-state index < -0.39 is 10.8 Å². The third-order valence-corrected chi connectivity index (χ3v) is 6.66. The molecular weight excluding hydrogens is 420 g/mol. The summed E-state index contributed by atoms with van der Waals surface area (Å²) in [6.07, 6.45) is 4.49. The van der Waals surface area contributed by atoms with Gasteiger partial charge in [0.1, 0.15) is 17.4 Å². The summed E-state index contributed by atoms with van der Waals surface area (Å²) in [6.45, 7) is 3.50. The summed E-state index contributed by atoms with van der Waals surface area (Å²) in [4.78, 5) is 19.9. The van der Waals surface area contributed by atoms with Crippen molar-refractivity contribution in [2.75, 3.05) is 34.8 Å². The Labute approximate surface area is 183 Å². The van der Waals surface area contributed by atoms with Crippen LogP contribution >= 0.6 is 11.6 Å². The van der Waals surface area contributed by atoms with Crippen molar-refractivity contribution in [1.82, 2.24) is 19.9 Å². The van der Waals surface area contributed by atoms with Gasteiger partial charge in [-0.2, -0.15) is 4.98 Å². The first-order valence-corrected chi connectivity index (χ1v) is 12.1. The lowest BCUT2D eigenvalue weighted by atomic mass is 10.0. The number of hydrogen-bond donors (Lipinski definition) is 1. The molecule has 3 aromatic rings. The zero-order valence-electron chi connectivity index (χ0n) is 16.9. The molecule has 1 N–H and O–H groups in total. The first-order chi connectivity index (χ1) is 14.6. The fraction of sp³-hybridized carbons (Fsp3) is 0.429. The van der Waals surface area contributed by atoms with Gasteiger partial charge in [0.15, 0.2) is 11.6 Å². The van der Waals surface area contributed by atoms with Crippen molar-refractivity contribution < 1.29 is 4.21 Å². The fourth-order valence-electron chi connectivity index (χ4n) is 3.75. The molecule has 2 aromatic heterocycles. The molecule has 30 heavy (non-hydrogen) atoms. The summed E-state index contributed by atoms with van der Waals surface area (Å²) in [5, 5.41) is 3.73. The monoisotopic (exact) mass is 444 g/mol. The minimum Gasteiger partial charge on any atom is -0.365 e. The number of halogens is 1. The van der Waals surface area contributed by atoms with E-state index in [9.17, 15) is 4.21 Å². The van der Waals surface area contributed by atoms with Crippen LogP contribution < -0.4 is 10.2 Å². The highest BCUT2D eigenvalue weighted by molar-refractivity contribution is 7.85. The van der Waals surface area contributed by atoms with E-state index in [2.05, 4.69) is 61.3 Å². The molecule has 1 unspecified atom stereocenters. The predicted octanol–water partition coefficient (Wildman–Crippen LogP) is 3.47. The molecule has 1 saturated heterocycles. The number of anilines is 2. The topological polar surface area (TPSA) is 83.9 Å². The van der Waals surface area contributed by atoms with Crippen molar-refractivity contribution >= 4 is 45.1 Å². The highest BCUT2D eigenvalue weighted by atomic mass is 35.5. The summed E-state index contributed by atoms with van der Waals surface area (Å²) in [7, 11) is -0.771. The summed E-state index contributed by atoms with van der Waals surface area (Å²) in [5.41, 5.74) is 2.56. The quantitative estimate of drug-likeness (QED) is 0.558. The third-order valence-electron chi connectivity index (χ3n) is 5.22. The zero-order valence-corrected chi connectivity index (χ0v) is 18.5. The highest BCUT2D eigenvalue weighted by Crippen LogP contribution is 2.28. The zero-order chi connectivity index (χ0) is 20.9. The van der Waals surface area contributed by atoms with E-state index in [1.165, 1.54) is 5.56 Å². The molecule has 0 saturated carbocycles. The molecule has 1 aromatic carbocycles. The Morgan fingerprint density at radius 2 is 1.90 bits per heavy atom. The Morgan fingerprint density at radius 3 is 2.63 bits per heavy atom. The SMILES string of the molecule is CCCC(Cc1ccccc1)Nc1ncnc2c(N3CCS(=O)CC3)nc(Cl)nc12. The third kappa shape index (κ3) is 4.87. The molecule has 0 amide bonds. The molecule has 1 aliphatic rings. The smallest absolute Gasteiger partial charge is 0.225 e. The first kappa shape index (κ1) is 20.9. The predicted molar refractivity (Wildman–Crippen MR) is 123 cm³/mol. The molecule has 4 rings (SSSR count). The van der Waals surface area contributed by atoms with E-state index in [-0.39, 0.29) is 11.3 Å². The van der Waals surface area contributed by atoms with Gasteiger partial charge in [-0.15, -0.1) is 0 Å². The van der Waals surface area contributed by atoms with E-state index in [1.54, 1.807) is 6.33 Å². The van der Waals surface area contributed by atoms with Gasteiger partial charge >= 0.3 is 0 Å². The van der Waals surface area contributed by atoms with Gasteiger partial charge in [-0.25, -0.2) is 15.0 Å². The molecule has 1 fully saturated rings. The lowest BCUT2D eigenvalue weighted by Crippen LogP contribution is -2.38. The molecular formula is C21H25ClN6OS. The number of aromatic nitrogens is 4. The second-order valence-electron chi connectivity index (χ2n) is 7.39. The molecule has 0 bridgehead atoms. The molecule has 0 radical (unpaired) electrons. The molecule has 9 heteroatoms. The van der Waals surface area contributed by atoms with Crippen molar-refractivity contribution in [3.63, 3.8) is 0 Å². The minimum atomic E-state index is -0.771. The van der Waals surface area contributed by atoms with Gasteiger partial charge in [0.05, 0.1) is 0 Å². The number of hydrogen-bond acceptors (Lipinski definition) is 7. The average molecular weight is 445 g/mol. The lowest BCUT2D eigenvalue weighted by Gasteiger charge is -2.28. The van der Waals surface area contributed by atoms with Gasteiger partial charge in [0.25, 0.3) is 0 Å². The normalized spacial score (nSPS) is 16.0. The van der Waals surface area contributed by atoms with Crippen LogP contribution in [0.1, 0.15) is 25.3 Å². The van der Waals surface area contributed by atoms with Gasteiger partial charge < -0.3 is 10.2 Å². The van der Waals surface area contributed by atoms with Gasteiger partial charge in [0.2, 0.25) is 5.28 Å². The minimum absolute atomic E-state index is 0.164. The molecule has 1 aliphatic heterocycles. The van der Waals surface area contributed by atoms with Crippen LogP contribution in [0.5, 0.6) is 0 Å². The van der Waals surface area contributed by atoms with E-state index in [4.69, 9.17) is 11.6 Å². The number of rotatable bonds is 7. The van der Waals surface area contributed by atoms with E-state index in [0.717, 1.165) is 19.3 Å². The van der Waals surface area contributed by atoms with Crippen LogP contribution in [0, 0.1) is 0 Å². The number of benzene rings is 1. The summed E-state index contributed by atoms with van der Waals surface area (Å²) >= 11 is 6.28. The second kappa shape index (κ2) is 9.66. The molecule has 3 heterocycles. The lowest BCUT2D eigenvalue weighted by molar-refractivity contribution is 0.635. The van der Waals surface area contributed by atoms with Crippen LogP contribution in [0.25, 0.3) is 11.0 Å². The van der Waals surface area contributed by atoms with Crippen molar-refractivity contribution in [3.05, 3.63) is 47.5 Å². The van der Waals surface area contributed by atoms with Gasteiger partial charge in [-0.05, 0) is 30.0 Å². The van der Waals surface area contributed by atoms with Gasteiger partial charge in [0, 0.05) is 41.4 Å². The fourth-order valence-corrected chi connectivity index (χ4v) is 4.96. The van der Waals surface area contributed by atoms with Crippen LogP contribution in [0.2, 0.25) is 5.28 Å². The van der Waals surface area contributed by atoms with E-state index in [1.807, 2.05) is 6.07 Å². The molecule has 7 nitrogen and oxygen atoms in total. The standard InChI is InChI=1S/C21H25ClN6OS/c1-2-6-16(13-15-7-4-3-5-8-15)25-19-17-18(23-14-24-19)20(27-21(22)26-17)28-9-11-30(29)12-10-28/h3-5,7-8,14,16H,2,6,9-13H2,1H3,(H,23,24,25). The second-order valence-corrected chi connectivity index (χ2v) is 9.42. The van der Waals surface area contributed by atoms with Gasteiger partial charge in [-0.3, -0.25) is 4.21 Å². The van der Waals surface area contributed by atoms with Crippen LogP contribution in [0.15, 0.2) is 36.7 Å². The van der Waals surface area contributed by atoms with Crippen LogP contribution in [0.3, 0.4) is 0 Å². The van der Waals surface area contributed by atoms with Crippen molar-refractivity contribution in [1.29, 1.82) is 0 Å². The Kier molecular flexibility index (Phi) is 6.74. The summed E-state index contributed by atoms with van der Waals surface area (Å²) in [5.74, 6) is 2.59. The molecule has 1 atom stereocenters. The summed E-state index contributed by atoms with van der Waals surface area (Å²) < 4.78 is 11.7. The molecule has 158 valence electrons. The Balaban J connectivity index is 1.66. The largest absolute Gasteiger partial charge is 0.365 e. The average Bonchev–Trinajstić information content (AvgIpc) is 2.75. The maximum absolute atomic E-state index is 11.7. The van der Waals surface area contributed by atoms with Crippen molar-refractivity contribution in [2.24, 2.45) is 0 Å². The van der Waals surface area contributed by atoms with Gasteiger partial charge in [-0.1, -0.05) is 43.7 Å². The van der Waals surface area contributed by atoms with Crippen LogP contribution in [0.4, 0.5) is 11.6 Å². The number of nitrogens with one attached hydrogen (secondary N) is 1. The first-order valence-electron chi connectivity index (χ1n) is 10.2. The molecule has 0 spiro atoms. The number of fused-ring (bicyclic) bond motifs is 1. The Hall–Kier alpha value is -2.32. The maximum atomic E-state index is 11.7. The van der Waals surface area contributed by atoms with E-state index >= 15 is 0 Å². The highest BCUT2D eigenvalue weighted by Gasteiger charge is 2.22.